The highest BCUT2D eigenvalue weighted by molar-refractivity contribution is 6.31. The Morgan fingerprint density at radius 1 is 0.679 bits per heavy atom. The molecule has 0 aliphatic heterocycles. The van der Waals surface area contributed by atoms with Crippen LogP contribution in [0.4, 0.5) is 8.78 Å². The first-order valence-electron chi connectivity index (χ1n) is 16.0. The molecule has 10 nitrogen and oxygen atoms in total. The third-order valence-corrected chi connectivity index (χ3v) is 9.39. The number of benzene rings is 4. The number of hydrogen-bond acceptors (Lipinski definition) is 6. The summed E-state index contributed by atoms with van der Waals surface area (Å²) in [6.07, 6.45) is -0.353. The number of rotatable bonds is 7. The average molecular weight is 766 g/mol. The standard InChI is InChI=1S/C21H19ClFNO4.C18H13ClFNO4/c1-10(2)18(21(27)28)19-11(3)24(16-9-15(23)17(25)8-14(16)19)20(26)12-4-6-13(22)7-5-12;1-9-12(7-17(23)24)13-6-16(22)14(20)8-15(13)21(9)18(25)10-2-4-11(19)5-3-10/h4-10,18,25H,1-3H3,(H,27,28);2-6,8,22H,7H2,1H3,(H,23,24). The molecule has 1 unspecified atom stereocenters. The summed E-state index contributed by atoms with van der Waals surface area (Å²) in [6.45, 7) is 6.72. The maximum atomic E-state index is 14.1. The van der Waals surface area contributed by atoms with E-state index < -0.39 is 52.8 Å². The summed E-state index contributed by atoms with van der Waals surface area (Å²) in [7, 11) is 0. The number of halogens is 4. The van der Waals surface area contributed by atoms with Crippen molar-refractivity contribution in [3.63, 3.8) is 0 Å². The van der Waals surface area contributed by atoms with Crippen molar-refractivity contribution in [1.82, 2.24) is 9.13 Å². The van der Waals surface area contributed by atoms with E-state index in [1.165, 1.54) is 27.3 Å². The number of aromatic nitrogens is 2. The van der Waals surface area contributed by atoms with E-state index >= 15 is 0 Å². The van der Waals surface area contributed by atoms with Gasteiger partial charge in [-0.05, 0) is 91.6 Å². The van der Waals surface area contributed by atoms with Crippen molar-refractivity contribution in [3.8, 4) is 11.5 Å². The molecule has 2 heterocycles. The van der Waals surface area contributed by atoms with Crippen LogP contribution >= 0.6 is 23.2 Å². The summed E-state index contributed by atoms with van der Waals surface area (Å²) in [5.74, 6) is -7.23. The molecule has 0 spiro atoms. The van der Waals surface area contributed by atoms with Gasteiger partial charge in [0.15, 0.2) is 23.1 Å². The molecule has 0 aliphatic rings. The van der Waals surface area contributed by atoms with Gasteiger partial charge in [-0.2, -0.15) is 0 Å². The molecule has 4 aromatic carbocycles. The van der Waals surface area contributed by atoms with Gasteiger partial charge < -0.3 is 20.4 Å². The van der Waals surface area contributed by atoms with E-state index in [9.17, 15) is 43.3 Å². The number of aliphatic carboxylic acids is 2. The molecular weight excluding hydrogens is 733 g/mol. The molecule has 53 heavy (non-hydrogen) atoms. The van der Waals surface area contributed by atoms with Crippen molar-refractivity contribution in [1.29, 1.82) is 0 Å². The zero-order chi connectivity index (χ0) is 39.0. The summed E-state index contributed by atoms with van der Waals surface area (Å²) in [6, 6.07) is 16.8. The number of aromatic hydroxyl groups is 2. The molecule has 0 fully saturated rings. The third-order valence-electron chi connectivity index (χ3n) is 8.88. The van der Waals surface area contributed by atoms with Crippen LogP contribution in [-0.4, -0.2) is 53.3 Å². The lowest BCUT2D eigenvalue weighted by Crippen LogP contribution is -2.19. The van der Waals surface area contributed by atoms with Gasteiger partial charge in [0.2, 0.25) is 0 Å². The fourth-order valence-corrected chi connectivity index (χ4v) is 6.66. The maximum absolute atomic E-state index is 14.1. The molecule has 4 N–H and O–H groups in total. The van der Waals surface area contributed by atoms with Gasteiger partial charge in [0.25, 0.3) is 11.8 Å². The fourth-order valence-electron chi connectivity index (χ4n) is 6.41. The smallest absolute Gasteiger partial charge is 0.311 e. The minimum Gasteiger partial charge on any atom is -0.505 e. The average Bonchev–Trinajstić information content (AvgIpc) is 3.49. The predicted molar refractivity (Wildman–Crippen MR) is 196 cm³/mol. The van der Waals surface area contributed by atoms with Crippen LogP contribution in [0.1, 0.15) is 63.0 Å². The lowest BCUT2D eigenvalue weighted by molar-refractivity contribution is -0.140. The van der Waals surface area contributed by atoms with Crippen LogP contribution in [0.3, 0.4) is 0 Å². The Morgan fingerprint density at radius 2 is 1.09 bits per heavy atom. The van der Waals surface area contributed by atoms with Gasteiger partial charge in [-0.15, -0.1) is 0 Å². The van der Waals surface area contributed by atoms with Crippen LogP contribution in [0, 0.1) is 31.4 Å². The number of carboxylic acid groups (broad SMARTS) is 2. The summed E-state index contributed by atoms with van der Waals surface area (Å²) >= 11 is 11.7. The molecule has 0 saturated heterocycles. The monoisotopic (exact) mass is 764 g/mol. The first-order valence-corrected chi connectivity index (χ1v) is 16.8. The van der Waals surface area contributed by atoms with Gasteiger partial charge in [-0.25, -0.2) is 8.78 Å². The zero-order valence-electron chi connectivity index (χ0n) is 28.6. The number of phenols is 2. The third kappa shape index (κ3) is 7.46. The largest absolute Gasteiger partial charge is 0.505 e. The normalized spacial score (nSPS) is 11.8. The Labute approximate surface area is 311 Å². The lowest BCUT2D eigenvalue weighted by Gasteiger charge is -2.17. The van der Waals surface area contributed by atoms with E-state index in [0.29, 0.717) is 54.5 Å². The second kappa shape index (κ2) is 15.1. The fraction of sp³-hybridized carbons (Fsp3) is 0.179. The van der Waals surface area contributed by atoms with Gasteiger partial charge in [0, 0.05) is 55.5 Å². The summed E-state index contributed by atoms with van der Waals surface area (Å²) in [5.41, 5.74) is 2.54. The highest BCUT2D eigenvalue weighted by Gasteiger charge is 2.32. The van der Waals surface area contributed by atoms with Gasteiger partial charge in [0.1, 0.15) is 0 Å². The number of carboxylic acids is 2. The molecule has 14 heteroatoms. The van der Waals surface area contributed by atoms with E-state index in [1.807, 2.05) is 0 Å². The lowest BCUT2D eigenvalue weighted by atomic mass is 9.86. The summed E-state index contributed by atoms with van der Waals surface area (Å²) in [5, 5.41) is 40.0. The van der Waals surface area contributed by atoms with Crippen LogP contribution in [-0.2, 0) is 16.0 Å². The Kier molecular flexibility index (Phi) is 11.0. The number of carbonyl (C=O) groups excluding carboxylic acids is 2. The van der Waals surface area contributed by atoms with Crippen molar-refractivity contribution < 1.29 is 48.4 Å². The van der Waals surface area contributed by atoms with Gasteiger partial charge in [0.05, 0.1) is 23.4 Å². The quantitative estimate of drug-likeness (QED) is 0.126. The molecule has 0 aliphatic carbocycles. The number of fused-ring (bicyclic) bond motifs is 2. The van der Waals surface area contributed by atoms with E-state index in [1.54, 1.807) is 64.1 Å². The van der Waals surface area contributed by atoms with Crippen molar-refractivity contribution >= 4 is 68.8 Å². The van der Waals surface area contributed by atoms with E-state index in [2.05, 4.69) is 0 Å². The van der Waals surface area contributed by atoms with Crippen molar-refractivity contribution in [2.24, 2.45) is 5.92 Å². The Hall–Kier alpha value is -5.72. The maximum Gasteiger partial charge on any atom is 0.311 e. The molecule has 6 aromatic rings. The first kappa shape index (κ1) is 38.5. The second-order valence-corrected chi connectivity index (χ2v) is 13.5. The number of phenolic OH excluding ortho intramolecular Hbond substituents is 2. The van der Waals surface area contributed by atoms with E-state index in [0.717, 1.165) is 18.2 Å². The van der Waals surface area contributed by atoms with E-state index in [4.69, 9.17) is 28.3 Å². The minimum atomic E-state index is -1.09. The van der Waals surface area contributed by atoms with Crippen molar-refractivity contribution in [3.05, 3.63) is 128 Å². The number of hydrogen-bond donors (Lipinski definition) is 4. The highest BCUT2D eigenvalue weighted by atomic mass is 35.5. The molecular formula is C39H32Cl2F2N2O8. The van der Waals surface area contributed by atoms with Crippen molar-refractivity contribution in [2.75, 3.05) is 0 Å². The van der Waals surface area contributed by atoms with Crippen LogP contribution in [0.25, 0.3) is 21.8 Å². The second-order valence-electron chi connectivity index (χ2n) is 12.6. The zero-order valence-corrected chi connectivity index (χ0v) is 30.1. The molecule has 2 aromatic heterocycles. The van der Waals surface area contributed by atoms with Crippen LogP contribution in [0.15, 0.2) is 72.8 Å². The van der Waals surface area contributed by atoms with Crippen molar-refractivity contribution in [2.45, 2.75) is 40.0 Å². The molecule has 0 amide bonds. The Balaban J connectivity index is 0.000000206. The molecule has 274 valence electrons. The minimum absolute atomic E-state index is 0.198. The number of nitrogens with zero attached hydrogens (tertiary/aromatic N) is 2. The topological polar surface area (TPSA) is 159 Å². The predicted octanol–water partition coefficient (Wildman–Crippen LogP) is 8.72. The summed E-state index contributed by atoms with van der Waals surface area (Å²) < 4.78 is 30.5. The molecule has 0 radical (unpaired) electrons. The molecule has 1 atom stereocenters. The van der Waals surface area contributed by atoms with Gasteiger partial charge in [-0.3, -0.25) is 28.3 Å². The highest BCUT2D eigenvalue weighted by Crippen LogP contribution is 2.39. The SMILES string of the molecule is Cc1c(C(C(=O)O)C(C)C)c2cc(O)c(F)cc2n1C(=O)c1ccc(Cl)cc1.Cc1c(CC(=O)O)c2cc(O)c(F)cc2n1C(=O)c1ccc(Cl)cc1. The van der Waals surface area contributed by atoms with Gasteiger partial charge in [-0.1, -0.05) is 37.0 Å². The Morgan fingerprint density at radius 3 is 1.51 bits per heavy atom. The molecule has 0 saturated carbocycles. The molecule has 0 bridgehead atoms. The van der Waals surface area contributed by atoms with E-state index in [-0.39, 0.29) is 23.4 Å². The Bertz CT molecular complexity index is 2440. The van der Waals surface area contributed by atoms with Crippen LogP contribution < -0.4 is 0 Å². The van der Waals surface area contributed by atoms with Crippen LogP contribution in [0.5, 0.6) is 11.5 Å². The number of carbonyl (C=O) groups is 4. The summed E-state index contributed by atoms with van der Waals surface area (Å²) in [4.78, 5) is 49.1. The van der Waals surface area contributed by atoms with Gasteiger partial charge >= 0.3 is 11.9 Å². The van der Waals surface area contributed by atoms with Crippen LogP contribution in [0.2, 0.25) is 10.0 Å². The first-order chi connectivity index (χ1) is 24.9. The molecule has 6 rings (SSSR count).